The van der Waals surface area contributed by atoms with E-state index in [0.717, 1.165) is 12.0 Å². The van der Waals surface area contributed by atoms with E-state index in [2.05, 4.69) is 22.8 Å². The molecule has 0 saturated heterocycles. The topological polar surface area (TPSA) is 42.5 Å². The molecule has 1 aliphatic heterocycles. The first-order chi connectivity index (χ1) is 11.7. The maximum Gasteiger partial charge on any atom is 0.179 e. The molecule has 126 valence electrons. The van der Waals surface area contributed by atoms with Crippen molar-refractivity contribution >= 4 is 28.9 Å². The molecule has 1 aliphatic rings. The molecule has 0 radical (unpaired) electrons. The number of nitrogens with one attached hydrogen (secondary N) is 2. The van der Waals surface area contributed by atoms with E-state index in [1.165, 1.54) is 5.56 Å². The molecule has 1 heterocycles. The maximum atomic E-state index is 6.30. The second kappa shape index (κ2) is 8.22. The van der Waals surface area contributed by atoms with Gasteiger partial charge in [-0.25, -0.2) is 0 Å². The van der Waals surface area contributed by atoms with Gasteiger partial charge in [0.1, 0.15) is 0 Å². The summed E-state index contributed by atoms with van der Waals surface area (Å²) in [6, 6.07) is 13.9. The number of benzene rings is 2. The van der Waals surface area contributed by atoms with Crippen molar-refractivity contribution in [3.05, 3.63) is 58.6 Å². The summed E-state index contributed by atoms with van der Waals surface area (Å²) in [4.78, 5) is 0. The van der Waals surface area contributed by atoms with E-state index in [-0.39, 0.29) is 0 Å². The van der Waals surface area contributed by atoms with E-state index >= 15 is 0 Å². The molecule has 0 atom stereocenters. The number of hydrogen-bond acceptors (Lipinski definition) is 3. The van der Waals surface area contributed by atoms with E-state index in [1.54, 1.807) is 0 Å². The van der Waals surface area contributed by atoms with Crippen molar-refractivity contribution in [2.75, 3.05) is 13.2 Å². The average Bonchev–Trinajstić information content (AvgIpc) is 2.85. The van der Waals surface area contributed by atoms with Crippen LogP contribution in [0.5, 0.6) is 11.5 Å². The largest absolute Gasteiger partial charge is 0.489 e. The van der Waals surface area contributed by atoms with Gasteiger partial charge in [0.05, 0.1) is 18.2 Å². The zero-order valence-corrected chi connectivity index (χ0v) is 14.8. The Hall–Kier alpha value is -1.98. The van der Waals surface area contributed by atoms with Crippen LogP contribution >= 0.6 is 23.8 Å². The molecule has 0 amide bonds. The first-order valence-electron chi connectivity index (χ1n) is 7.86. The Morgan fingerprint density at radius 2 is 1.71 bits per heavy atom. The van der Waals surface area contributed by atoms with E-state index in [4.69, 9.17) is 33.3 Å². The third-order valence-corrected chi connectivity index (χ3v) is 4.18. The zero-order valence-electron chi connectivity index (χ0n) is 13.2. The molecule has 2 aromatic rings. The molecule has 2 N–H and O–H groups in total. The molecular weight excluding hydrogens is 344 g/mol. The highest BCUT2D eigenvalue weighted by Crippen LogP contribution is 2.37. The van der Waals surface area contributed by atoms with Crippen LogP contribution in [0.15, 0.2) is 42.5 Å². The van der Waals surface area contributed by atoms with Crippen LogP contribution < -0.4 is 20.1 Å². The highest BCUT2D eigenvalue weighted by atomic mass is 35.5. The minimum absolute atomic E-state index is 0.564. The normalized spacial score (nSPS) is 13.0. The average molecular weight is 363 g/mol. The fraction of sp³-hybridized carbons (Fsp3) is 0.278. The summed E-state index contributed by atoms with van der Waals surface area (Å²) in [6.07, 6.45) is 0.853. The molecule has 4 nitrogen and oxygen atoms in total. The Balaban J connectivity index is 1.55. The number of fused-ring (bicyclic) bond motifs is 1. The van der Waals surface area contributed by atoms with Crippen LogP contribution in [-0.2, 0) is 13.1 Å². The second-order valence-corrected chi connectivity index (χ2v) is 6.29. The van der Waals surface area contributed by atoms with Gasteiger partial charge in [0.15, 0.2) is 16.6 Å². The van der Waals surface area contributed by atoms with Crippen molar-refractivity contribution in [1.29, 1.82) is 0 Å². The van der Waals surface area contributed by atoms with Crippen LogP contribution in [-0.4, -0.2) is 18.3 Å². The third-order valence-electron chi connectivity index (χ3n) is 3.61. The van der Waals surface area contributed by atoms with Gasteiger partial charge in [-0.05, 0) is 35.5 Å². The zero-order chi connectivity index (χ0) is 16.8. The lowest BCUT2D eigenvalue weighted by atomic mass is 10.2. The Morgan fingerprint density at radius 3 is 2.50 bits per heavy atom. The lowest BCUT2D eigenvalue weighted by Crippen LogP contribution is -2.34. The highest BCUT2D eigenvalue weighted by Gasteiger charge is 2.15. The van der Waals surface area contributed by atoms with Gasteiger partial charge in [0.2, 0.25) is 0 Å². The molecule has 24 heavy (non-hydrogen) atoms. The lowest BCUT2D eigenvalue weighted by Gasteiger charge is -2.14. The minimum atomic E-state index is 0.564. The highest BCUT2D eigenvalue weighted by molar-refractivity contribution is 7.80. The van der Waals surface area contributed by atoms with Gasteiger partial charge in [-0.3, -0.25) is 0 Å². The number of halogens is 1. The molecule has 0 fully saturated rings. The smallest absolute Gasteiger partial charge is 0.179 e. The van der Waals surface area contributed by atoms with Crippen LogP contribution in [0, 0.1) is 0 Å². The van der Waals surface area contributed by atoms with Gasteiger partial charge in [0.25, 0.3) is 0 Å². The molecule has 3 rings (SSSR count). The van der Waals surface area contributed by atoms with Crippen LogP contribution in [0.4, 0.5) is 0 Å². The number of thiocarbonyl (C=S) groups is 1. The summed E-state index contributed by atoms with van der Waals surface area (Å²) >= 11 is 11.6. The summed E-state index contributed by atoms with van der Waals surface area (Å²) < 4.78 is 11.3. The van der Waals surface area contributed by atoms with Gasteiger partial charge < -0.3 is 20.1 Å². The van der Waals surface area contributed by atoms with Crippen molar-refractivity contribution in [3.8, 4) is 11.5 Å². The molecular formula is C18H19ClN2O2S. The predicted octanol–water partition coefficient (Wildman–Crippen LogP) is 3.67. The molecule has 0 aromatic heterocycles. The molecule has 6 heteroatoms. The van der Waals surface area contributed by atoms with Gasteiger partial charge >= 0.3 is 0 Å². The van der Waals surface area contributed by atoms with E-state index < -0.39 is 0 Å². The maximum absolute atomic E-state index is 6.30. The standard InChI is InChI=1S/C18H19ClN2O2S/c19-15-9-14(10-16-17(15)23-8-4-7-22-16)12-21-18(24)20-11-13-5-2-1-3-6-13/h1-3,5-6,9-10H,4,7-8,11-12H2,(H2,20,21,24). The SMILES string of the molecule is S=C(NCc1ccccc1)NCc1cc(Cl)c2c(c1)OCCCO2. The monoisotopic (exact) mass is 362 g/mol. The van der Waals surface area contributed by atoms with Crippen molar-refractivity contribution in [2.45, 2.75) is 19.5 Å². The van der Waals surface area contributed by atoms with E-state index in [0.29, 0.717) is 47.9 Å². The van der Waals surface area contributed by atoms with E-state index in [9.17, 15) is 0 Å². The van der Waals surface area contributed by atoms with Crippen molar-refractivity contribution in [1.82, 2.24) is 10.6 Å². The minimum Gasteiger partial charge on any atom is -0.489 e. The Morgan fingerprint density at radius 1 is 1.00 bits per heavy atom. The van der Waals surface area contributed by atoms with Crippen molar-refractivity contribution in [3.63, 3.8) is 0 Å². The van der Waals surface area contributed by atoms with Crippen molar-refractivity contribution in [2.24, 2.45) is 0 Å². The quantitative estimate of drug-likeness (QED) is 0.812. The first kappa shape index (κ1) is 16.9. The molecule has 0 spiro atoms. The number of hydrogen-bond donors (Lipinski definition) is 2. The lowest BCUT2D eigenvalue weighted by molar-refractivity contribution is 0.297. The summed E-state index contributed by atoms with van der Waals surface area (Å²) in [5.41, 5.74) is 2.17. The van der Waals surface area contributed by atoms with Gasteiger partial charge in [-0.1, -0.05) is 41.9 Å². The third kappa shape index (κ3) is 4.52. The number of ether oxygens (including phenoxy) is 2. The van der Waals surface area contributed by atoms with Crippen LogP contribution in [0.25, 0.3) is 0 Å². The first-order valence-corrected chi connectivity index (χ1v) is 8.64. The second-order valence-electron chi connectivity index (χ2n) is 5.48. The Labute approximate surface area is 152 Å². The summed E-state index contributed by atoms with van der Waals surface area (Å²) in [5.74, 6) is 1.32. The summed E-state index contributed by atoms with van der Waals surface area (Å²) in [7, 11) is 0. The van der Waals surface area contributed by atoms with Crippen LogP contribution in [0.3, 0.4) is 0 Å². The number of rotatable bonds is 4. The Kier molecular flexibility index (Phi) is 5.77. The fourth-order valence-electron chi connectivity index (χ4n) is 2.41. The van der Waals surface area contributed by atoms with Crippen LogP contribution in [0.2, 0.25) is 5.02 Å². The molecule has 0 saturated carbocycles. The van der Waals surface area contributed by atoms with E-state index in [1.807, 2.05) is 30.3 Å². The van der Waals surface area contributed by atoms with Crippen molar-refractivity contribution < 1.29 is 9.47 Å². The molecule has 2 aromatic carbocycles. The predicted molar refractivity (Wildman–Crippen MR) is 99.8 cm³/mol. The fourth-order valence-corrected chi connectivity index (χ4v) is 2.84. The summed E-state index contributed by atoms with van der Waals surface area (Å²) in [6.45, 7) is 2.51. The molecule has 0 unspecified atom stereocenters. The molecule has 0 bridgehead atoms. The van der Waals surface area contributed by atoms with Gasteiger partial charge in [0, 0.05) is 19.5 Å². The van der Waals surface area contributed by atoms with Crippen LogP contribution in [0.1, 0.15) is 17.5 Å². The molecule has 0 aliphatic carbocycles. The summed E-state index contributed by atoms with van der Waals surface area (Å²) in [5, 5.41) is 7.54. The van der Waals surface area contributed by atoms with Gasteiger partial charge in [-0.15, -0.1) is 0 Å². The Bertz CT molecular complexity index is 710. The van der Waals surface area contributed by atoms with Gasteiger partial charge in [-0.2, -0.15) is 0 Å².